The average molecular weight is 253 g/mol. The summed E-state index contributed by atoms with van der Waals surface area (Å²) >= 11 is 0. The van der Waals surface area contributed by atoms with E-state index in [4.69, 9.17) is 0 Å². The zero-order valence-electron chi connectivity index (χ0n) is 8.40. The number of halogens is 4. The van der Waals surface area contributed by atoms with Crippen LogP contribution in [0.25, 0.3) is 0 Å². The summed E-state index contributed by atoms with van der Waals surface area (Å²) in [6.45, 7) is 1.99. The predicted octanol–water partition coefficient (Wildman–Crippen LogP) is 1.76. The molecule has 16 heavy (non-hydrogen) atoms. The van der Waals surface area contributed by atoms with Gasteiger partial charge in [-0.25, -0.2) is 13.2 Å². The Morgan fingerprint density at radius 1 is 1.00 bits per heavy atom. The first-order valence-electron chi connectivity index (χ1n) is 4.77. The van der Waals surface area contributed by atoms with Crippen LogP contribution in [0.4, 0.5) is 13.2 Å². The molecule has 0 spiro atoms. The maximum absolute atomic E-state index is 13.3. The molecule has 0 bridgehead atoms. The van der Waals surface area contributed by atoms with Gasteiger partial charge in [0, 0.05) is 37.3 Å². The predicted molar refractivity (Wildman–Crippen MR) is 57.2 cm³/mol. The second kappa shape index (κ2) is 5.52. The highest BCUT2D eigenvalue weighted by molar-refractivity contribution is 5.85. The fourth-order valence-corrected chi connectivity index (χ4v) is 1.68. The molecule has 1 aromatic carbocycles. The number of hydrogen-bond donors (Lipinski definition) is 2. The molecular formula is C10H12ClF3N2. The van der Waals surface area contributed by atoms with Crippen molar-refractivity contribution in [1.82, 2.24) is 10.6 Å². The van der Waals surface area contributed by atoms with Crippen LogP contribution in [0.1, 0.15) is 11.6 Å². The fraction of sp³-hybridized carbons (Fsp3) is 0.400. The highest BCUT2D eigenvalue weighted by Gasteiger charge is 2.20. The van der Waals surface area contributed by atoms with E-state index in [0.29, 0.717) is 19.2 Å². The van der Waals surface area contributed by atoms with Crippen molar-refractivity contribution in [2.75, 3.05) is 19.6 Å². The molecule has 1 aromatic rings. The third kappa shape index (κ3) is 2.66. The highest BCUT2D eigenvalue weighted by atomic mass is 35.5. The Labute approximate surface area is 97.6 Å². The molecule has 0 radical (unpaired) electrons. The van der Waals surface area contributed by atoms with Crippen LogP contribution in [0.5, 0.6) is 0 Å². The van der Waals surface area contributed by atoms with E-state index in [1.54, 1.807) is 0 Å². The molecule has 1 aliphatic heterocycles. The lowest BCUT2D eigenvalue weighted by Gasteiger charge is -2.25. The van der Waals surface area contributed by atoms with E-state index in [0.717, 1.165) is 12.6 Å². The maximum Gasteiger partial charge on any atom is 0.161 e. The number of nitrogens with one attached hydrogen (secondary N) is 2. The van der Waals surface area contributed by atoms with E-state index < -0.39 is 17.5 Å². The minimum atomic E-state index is -1.15. The average Bonchev–Trinajstić information content (AvgIpc) is 2.25. The number of hydrogen-bond acceptors (Lipinski definition) is 2. The first kappa shape index (κ1) is 13.3. The van der Waals surface area contributed by atoms with Crippen LogP contribution < -0.4 is 10.6 Å². The van der Waals surface area contributed by atoms with Gasteiger partial charge in [0.05, 0.1) is 0 Å². The maximum atomic E-state index is 13.3. The molecule has 1 atom stereocenters. The molecular weight excluding hydrogens is 241 g/mol. The minimum Gasteiger partial charge on any atom is -0.314 e. The van der Waals surface area contributed by atoms with Crippen LogP contribution in [0, 0.1) is 17.5 Å². The van der Waals surface area contributed by atoms with Crippen molar-refractivity contribution in [3.63, 3.8) is 0 Å². The molecule has 0 aromatic heterocycles. The summed E-state index contributed by atoms with van der Waals surface area (Å²) in [5.41, 5.74) is 0.168. The smallest absolute Gasteiger partial charge is 0.161 e. The van der Waals surface area contributed by atoms with Crippen LogP contribution >= 0.6 is 12.4 Å². The zero-order chi connectivity index (χ0) is 10.8. The monoisotopic (exact) mass is 252 g/mol. The molecule has 90 valence electrons. The van der Waals surface area contributed by atoms with Crippen LogP contribution in [0.3, 0.4) is 0 Å². The molecule has 0 saturated carbocycles. The third-order valence-electron chi connectivity index (χ3n) is 2.46. The Morgan fingerprint density at radius 2 is 1.69 bits per heavy atom. The van der Waals surface area contributed by atoms with Gasteiger partial charge in [-0.1, -0.05) is 0 Å². The van der Waals surface area contributed by atoms with E-state index >= 15 is 0 Å². The summed E-state index contributed by atoms with van der Waals surface area (Å²) in [7, 11) is 0. The molecule has 1 saturated heterocycles. The summed E-state index contributed by atoms with van der Waals surface area (Å²) in [6.07, 6.45) is 0. The van der Waals surface area contributed by atoms with Crippen LogP contribution in [0.2, 0.25) is 0 Å². The minimum absolute atomic E-state index is 0. The van der Waals surface area contributed by atoms with E-state index in [1.807, 2.05) is 0 Å². The van der Waals surface area contributed by atoms with Crippen molar-refractivity contribution >= 4 is 12.4 Å². The van der Waals surface area contributed by atoms with E-state index in [-0.39, 0.29) is 24.0 Å². The van der Waals surface area contributed by atoms with Crippen molar-refractivity contribution in [3.8, 4) is 0 Å². The summed E-state index contributed by atoms with van der Waals surface area (Å²) in [4.78, 5) is 0. The molecule has 1 heterocycles. The van der Waals surface area contributed by atoms with Gasteiger partial charge < -0.3 is 10.6 Å². The molecule has 6 heteroatoms. The lowest BCUT2D eigenvalue weighted by molar-refractivity contribution is 0.409. The molecule has 2 N–H and O–H groups in total. The van der Waals surface area contributed by atoms with Gasteiger partial charge in [-0.2, -0.15) is 0 Å². The summed E-state index contributed by atoms with van der Waals surface area (Å²) in [5.74, 6) is -2.88. The number of piperazine rings is 1. The molecule has 0 amide bonds. The van der Waals surface area contributed by atoms with Crippen molar-refractivity contribution < 1.29 is 13.2 Å². The number of rotatable bonds is 1. The second-order valence-electron chi connectivity index (χ2n) is 3.50. The third-order valence-corrected chi connectivity index (χ3v) is 2.46. The van der Waals surface area contributed by atoms with Gasteiger partial charge in [0.1, 0.15) is 5.82 Å². The zero-order valence-corrected chi connectivity index (χ0v) is 9.21. The first-order chi connectivity index (χ1) is 7.18. The Balaban J connectivity index is 0.00000128. The van der Waals surface area contributed by atoms with Crippen molar-refractivity contribution in [1.29, 1.82) is 0 Å². The van der Waals surface area contributed by atoms with Crippen molar-refractivity contribution in [2.24, 2.45) is 0 Å². The summed E-state index contributed by atoms with van der Waals surface area (Å²) in [6, 6.07) is 1.20. The molecule has 1 fully saturated rings. The Morgan fingerprint density at radius 3 is 2.31 bits per heavy atom. The summed E-state index contributed by atoms with van der Waals surface area (Å²) in [5, 5.41) is 6.08. The Hall–Kier alpha value is -0.780. The Kier molecular flexibility index (Phi) is 4.58. The normalized spacial score (nSPS) is 20.3. The quantitative estimate of drug-likeness (QED) is 0.745. The lowest BCUT2D eigenvalue weighted by Crippen LogP contribution is -2.43. The molecule has 2 nitrogen and oxygen atoms in total. The number of benzene rings is 1. The van der Waals surface area contributed by atoms with Crippen molar-refractivity contribution in [3.05, 3.63) is 35.1 Å². The van der Waals surface area contributed by atoms with E-state index in [1.165, 1.54) is 0 Å². The molecule has 0 aliphatic carbocycles. The highest BCUT2D eigenvalue weighted by Crippen LogP contribution is 2.20. The van der Waals surface area contributed by atoms with Gasteiger partial charge in [0.2, 0.25) is 0 Å². The van der Waals surface area contributed by atoms with Gasteiger partial charge in [-0.3, -0.25) is 0 Å². The largest absolute Gasteiger partial charge is 0.314 e. The van der Waals surface area contributed by atoms with Gasteiger partial charge in [0.15, 0.2) is 11.6 Å². The SMILES string of the molecule is Cl.Fc1cc(F)c([C@H]2CNCCN2)cc1F. The second-order valence-corrected chi connectivity index (χ2v) is 3.50. The van der Waals surface area contributed by atoms with Gasteiger partial charge >= 0.3 is 0 Å². The Bertz CT molecular complexity index is 367. The van der Waals surface area contributed by atoms with E-state index in [2.05, 4.69) is 10.6 Å². The van der Waals surface area contributed by atoms with Crippen LogP contribution in [-0.2, 0) is 0 Å². The molecule has 0 unspecified atom stereocenters. The van der Waals surface area contributed by atoms with Crippen LogP contribution in [-0.4, -0.2) is 19.6 Å². The first-order valence-corrected chi connectivity index (χ1v) is 4.77. The molecule has 1 aliphatic rings. The standard InChI is InChI=1S/C10H11F3N2.ClH/c11-7-4-9(13)8(12)3-6(7)10-5-14-1-2-15-10;/h3-4,10,14-15H,1-2,5H2;1H/t10-;/m1./s1. The lowest BCUT2D eigenvalue weighted by atomic mass is 10.0. The van der Waals surface area contributed by atoms with E-state index in [9.17, 15) is 13.2 Å². The summed E-state index contributed by atoms with van der Waals surface area (Å²) < 4.78 is 38.9. The van der Waals surface area contributed by atoms with Gasteiger partial charge in [-0.15, -0.1) is 12.4 Å². The molecule has 2 rings (SSSR count). The van der Waals surface area contributed by atoms with Crippen LogP contribution in [0.15, 0.2) is 12.1 Å². The topological polar surface area (TPSA) is 24.1 Å². The van der Waals surface area contributed by atoms with Crippen molar-refractivity contribution in [2.45, 2.75) is 6.04 Å². The fourth-order valence-electron chi connectivity index (χ4n) is 1.68. The van der Waals surface area contributed by atoms with Gasteiger partial charge in [-0.05, 0) is 6.07 Å². The van der Waals surface area contributed by atoms with Gasteiger partial charge in [0.25, 0.3) is 0 Å².